The summed E-state index contributed by atoms with van der Waals surface area (Å²) in [4.78, 5) is 72.9. The lowest BCUT2D eigenvalue weighted by Crippen LogP contribution is -2.30. The van der Waals surface area contributed by atoms with E-state index in [9.17, 15) is 43.2 Å². The predicted molar refractivity (Wildman–Crippen MR) is 395 cm³/mol. The van der Waals surface area contributed by atoms with Crippen LogP contribution in [0.4, 0.5) is 0 Å². The minimum Gasteiger partial charge on any atom is -0.462 e. The molecule has 0 aliphatic carbocycles. The SMILES string of the molecule is CCCCCCCCCCCCCCCCC(=O)O[C@H](COC(=O)CCCCCCCCCCCC)COP(=O)(O)OC[C@H](O)COP(=O)(O)OC[C@@H](COC(=O)CCCCCCCCCCCCCCC(C)C)OC(=O)CCCCCCCCCCCCCCCCCC(C)C. The summed E-state index contributed by atoms with van der Waals surface area (Å²) in [6.07, 6.45) is 58.1. The normalized spacial score (nSPS) is 14.0. The molecular formula is C78H152O17P2. The number of hydrogen-bond acceptors (Lipinski definition) is 15. The Morgan fingerprint density at radius 1 is 0.278 bits per heavy atom. The zero-order valence-corrected chi connectivity index (χ0v) is 65.2. The van der Waals surface area contributed by atoms with Crippen LogP contribution in [0.5, 0.6) is 0 Å². The van der Waals surface area contributed by atoms with Crippen molar-refractivity contribution in [1.29, 1.82) is 0 Å². The van der Waals surface area contributed by atoms with Crippen LogP contribution in [0.15, 0.2) is 0 Å². The molecule has 17 nitrogen and oxygen atoms in total. The van der Waals surface area contributed by atoms with E-state index in [2.05, 4.69) is 41.5 Å². The summed E-state index contributed by atoms with van der Waals surface area (Å²) in [6.45, 7) is 9.65. The number of carbonyl (C=O) groups excluding carboxylic acids is 4. The molecular weight excluding hydrogens is 1270 g/mol. The number of aliphatic hydroxyl groups excluding tert-OH is 1. The summed E-state index contributed by atoms with van der Waals surface area (Å²) in [5, 5.41) is 10.6. The molecule has 0 aromatic rings. The highest BCUT2D eigenvalue weighted by molar-refractivity contribution is 7.47. The van der Waals surface area contributed by atoms with Crippen LogP contribution in [-0.4, -0.2) is 96.7 Å². The second-order valence-electron chi connectivity index (χ2n) is 29.1. The molecule has 0 rings (SSSR count). The van der Waals surface area contributed by atoms with Gasteiger partial charge in [0.1, 0.15) is 19.3 Å². The third-order valence-electron chi connectivity index (χ3n) is 18.2. The lowest BCUT2D eigenvalue weighted by Gasteiger charge is -2.21. The van der Waals surface area contributed by atoms with Crippen molar-refractivity contribution < 1.29 is 80.2 Å². The lowest BCUT2D eigenvalue weighted by molar-refractivity contribution is -0.161. The molecule has 0 aromatic heterocycles. The molecule has 0 bridgehead atoms. The van der Waals surface area contributed by atoms with Crippen LogP contribution in [0, 0.1) is 11.8 Å². The number of hydrogen-bond donors (Lipinski definition) is 3. The fourth-order valence-electron chi connectivity index (χ4n) is 12.0. The maximum Gasteiger partial charge on any atom is 0.472 e. The molecule has 0 radical (unpaired) electrons. The molecule has 97 heavy (non-hydrogen) atoms. The topological polar surface area (TPSA) is 237 Å². The standard InChI is InChI=1S/C78H152O17P2/c1-7-9-11-13-15-17-19-20-25-32-38-44-50-56-62-77(82)94-73(66-88-75(80)60-54-48-42-36-18-16-14-12-10-8-2)68-92-96(84,85)90-64-72(79)65-91-97(86,87)93-69-74(67-89-76(81)61-55-49-43-37-31-28-27-30-35-41-47-53-59-71(5)6)95-78(83)63-57-51-45-39-33-26-23-21-22-24-29-34-40-46-52-58-70(3)4/h70-74,79H,7-69H2,1-6H3,(H,84,85)(H,86,87)/t72-,73+,74+/m0/s1. The molecule has 0 aliphatic rings. The number of rotatable bonds is 77. The van der Waals surface area contributed by atoms with Gasteiger partial charge in [-0.05, 0) is 37.5 Å². The number of phosphoric acid groups is 2. The molecule has 0 amide bonds. The average molecular weight is 1420 g/mol. The number of aliphatic hydroxyl groups is 1. The van der Waals surface area contributed by atoms with Crippen molar-refractivity contribution >= 4 is 39.5 Å². The zero-order valence-electron chi connectivity index (χ0n) is 63.4. The van der Waals surface area contributed by atoms with E-state index >= 15 is 0 Å². The van der Waals surface area contributed by atoms with Crippen molar-refractivity contribution in [3.63, 3.8) is 0 Å². The number of phosphoric ester groups is 2. The Balaban J connectivity index is 5.24. The maximum absolute atomic E-state index is 13.1. The van der Waals surface area contributed by atoms with Gasteiger partial charge >= 0.3 is 39.5 Å². The lowest BCUT2D eigenvalue weighted by atomic mass is 10.0. The van der Waals surface area contributed by atoms with Gasteiger partial charge in [-0.25, -0.2) is 9.13 Å². The molecule has 0 fully saturated rings. The van der Waals surface area contributed by atoms with Crippen LogP contribution >= 0.6 is 15.6 Å². The van der Waals surface area contributed by atoms with Crippen LogP contribution in [-0.2, 0) is 65.4 Å². The third kappa shape index (κ3) is 72.2. The Kier molecular flexibility index (Phi) is 68.4. The van der Waals surface area contributed by atoms with E-state index in [1.807, 2.05) is 0 Å². The first-order valence-electron chi connectivity index (χ1n) is 40.5. The van der Waals surface area contributed by atoms with E-state index in [1.165, 1.54) is 225 Å². The van der Waals surface area contributed by atoms with Gasteiger partial charge in [-0.15, -0.1) is 0 Å². The van der Waals surface area contributed by atoms with Gasteiger partial charge < -0.3 is 33.8 Å². The second-order valence-corrected chi connectivity index (χ2v) is 32.0. The number of ether oxygens (including phenoxy) is 4. The molecule has 0 aromatic carbocycles. The highest BCUT2D eigenvalue weighted by Gasteiger charge is 2.30. The van der Waals surface area contributed by atoms with E-state index in [4.69, 9.17) is 37.0 Å². The van der Waals surface area contributed by atoms with E-state index in [-0.39, 0.29) is 25.7 Å². The van der Waals surface area contributed by atoms with E-state index in [0.717, 1.165) is 102 Å². The quantitative estimate of drug-likeness (QED) is 0.0222. The summed E-state index contributed by atoms with van der Waals surface area (Å²) in [7, 11) is -9.91. The Morgan fingerprint density at radius 2 is 0.474 bits per heavy atom. The van der Waals surface area contributed by atoms with Crippen LogP contribution in [0.1, 0.15) is 408 Å². The van der Waals surface area contributed by atoms with Crippen LogP contribution < -0.4 is 0 Å². The van der Waals surface area contributed by atoms with E-state index in [0.29, 0.717) is 25.7 Å². The van der Waals surface area contributed by atoms with E-state index < -0.39 is 97.5 Å². The van der Waals surface area contributed by atoms with Gasteiger partial charge in [-0.1, -0.05) is 356 Å². The summed E-state index contributed by atoms with van der Waals surface area (Å²) in [5.74, 6) is -0.526. The van der Waals surface area contributed by atoms with Crippen molar-refractivity contribution in [2.24, 2.45) is 11.8 Å². The molecule has 0 saturated carbocycles. The summed E-state index contributed by atoms with van der Waals surface area (Å²) < 4.78 is 68.6. The van der Waals surface area contributed by atoms with Crippen molar-refractivity contribution in [3.05, 3.63) is 0 Å². The summed E-state index contributed by atoms with van der Waals surface area (Å²) in [6, 6.07) is 0. The van der Waals surface area contributed by atoms with Gasteiger partial charge in [0.05, 0.1) is 26.4 Å². The number of carbonyl (C=O) groups is 4. The third-order valence-corrected chi connectivity index (χ3v) is 20.1. The highest BCUT2D eigenvalue weighted by Crippen LogP contribution is 2.45. The predicted octanol–water partition coefficient (Wildman–Crippen LogP) is 23.1. The minimum absolute atomic E-state index is 0.108. The monoisotopic (exact) mass is 1420 g/mol. The Bertz CT molecular complexity index is 1870. The van der Waals surface area contributed by atoms with Gasteiger partial charge in [-0.2, -0.15) is 0 Å². The first kappa shape index (κ1) is 95.1. The molecule has 0 spiro atoms. The molecule has 576 valence electrons. The van der Waals surface area contributed by atoms with Gasteiger partial charge in [0.25, 0.3) is 0 Å². The summed E-state index contributed by atoms with van der Waals surface area (Å²) in [5.41, 5.74) is 0. The average Bonchev–Trinajstić information content (AvgIpc) is 1.04. The molecule has 3 N–H and O–H groups in total. The molecule has 0 aliphatic heterocycles. The first-order valence-corrected chi connectivity index (χ1v) is 43.5. The molecule has 0 saturated heterocycles. The molecule has 2 unspecified atom stereocenters. The molecule has 0 heterocycles. The smallest absolute Gasteiger partial charge is 0.462 e. The van der Waals surface area contributed by atoms with Gasteiger partial charge in [-0.3, -0.25) is 37.3 Å². The van der Waals surface area contributed by atoms with Crippen LogP contribution in [0.2, 0.25) is 0 Å². The van der Waals surface area contributed by atoms with Gasteiger partial charge in [0.2, 0.25) is 0 Å². The van der Waals surface area contributed by atoms with Crippen LogP contribution in [0.25, 0.3) is 0 Å². The second kappa shape index (κ2) is 69.8. The fourth-order valence-corrected chi connectivity index (χ4v) is 13.6. The Hall–Kier alpha value is -1.94. The van der Waals surface area contributed by atoms with Crippen molar-refractivity contribution in [3.8, 4) is 0 Å². The van der Waals surface area contributed by atoms with E-state index in [1.54, 1.807) is 0 Å². The van der Waals surface area contributed by atoms with Crippen molar-refractivity contribution in [2.75, 3.05) is 39.6 Å². The highest BCUT2D eigenvalue weighted by atomic mass is 31.2. The van der Waals surface area contributed by atoms with Crippen molar-refractivity contribution in [1.82, 2.24) is 0 Å². The van der Waals surface area contributed by atoms with Crippen LogP contribution in [0.3, 0.4) is 0 Å². The fraction of sp³-hybridized carbons (Fsp3) is 0.949. The largest absolute Gasteiger partial charge is 0.472 e. The van der Waals surface area contributed by atoms with Gasteiger partial charge in [0.15, 0.2) is 12.2 Å². The number of unbranched alkanes of at least 4 members (excludes halogenated alkanes) is 47. The van der Waals surface area contributed by atoms with Gasteiger partial charge in [0, 0.05) is 25.7 Å². The zero-order chi connectivity index (χ0) is 71.4. The maximum atomic E-state index is 13.1. The Labute approximate surface area is 594 Å². The number of esters is 4. The Morgan fingerprint density at radius 3 is 0.701 bits per heavy atom. The summed E-state index contributed by atoms with van der Waals surface area (Å²) >= 11 is 0. The minimum atomic E-state index is -4.96. The molecule has 19 heteroatoms. The molecule has 5 atom stereocenters. The van der Waals surface area contributed by atoms with Crippen molar-refractivity contribution in [2.45, 2.75) is 426 Å². The first-order chi connectivity index (χ1) is 46.9.